The van der Waals surface area contributed by atoms with Gasteiger partial charge in [0.25, 0.3) is 0 Å². The summed E-state index contributed by atoms with van der Waals surface area (Å²) in [6.07, 6.45) is 0. The molecular formula is C13H12N3S+. The minimum Gasteiger partial charge on any atom is -0.275 e. The Kier molecular flexibility index (Phi) is 3.57. The van der Waals surface area contributed by atoms with Crippen LogP contribution in [-0.2, 0) is 0 Å². The summed E-state index contributed by atoms with van der Waals surface area (Å²) in [5.41, 5.74) is 7.34. The SMILES string of the molecule is NC(=S)[N+](=Nc1ccccc1)c1ccccc1. The Labute approximate surface area is 105 Å². The Morgan fingerprint density at radius 3 is 2.00 bits per heavy atom. The summed E-state index contributed by atoms with van der Waals surface area (Å²) in [4.78, 5) is 0. The van der Waals surface area contributed by atoms with Crippen molar-refractivity contribution in [3.8, 4) is 0 Å². The predicted octanol–water partition coefficient (Wildman–Crippen LogP) is 3.36. The zero-order valence-electron chi connectivity index (χ0n) is 9.15. The quantitative estimate of drug-likeness (QED) is 0.498. The van der Waals surface area contributed by atoms with Gasteiger partial charge in [0.05, 0.1) is 0 Å². The number of rotatable bonds is 2. The lowest BCUT2D eigenvalue weighted by Gasteiger charge is -2.00. The Bertz CT molecular complexity index is 535. The normalized spacial score (nSPS) is 11.2. The van der Waals surface area contributed by atoms with Crippen LogP contribution in [0, 0.1) is 0 Å². The zero-order valence-corrected chi connectivity index (χ0v) is 9.97. The topological polar surface area (TPSA) is 41.4 Å². The predicted molar refractivity (Wildman–Crippen MR) is 71.7 cm³/mol. The fraction of sp³-hybridized carbons (Fsp3) is 0. The van der Waals surface area contributed by atoms with Crippen LogP contribution in [0.2, 0.25) is 0 Å². The molecule has 0 fully saturated rings. The highest BCUT2D eigenvalue weighted by Gasteiger charge is 2.10. The van der Waals surface area contributed by atoms with Crippen molar-refractivity contribution in [1.82, 2.24) is 0 Å². The summed E-state index contributed by atoms with van der Waals surface area (Å²) in [6.45, 7) is 0. The molecule has 3 nitrogen and oxygen atoms in total. The number of thiocarbonyl (C=S) groups is 1. The van der Waals surface area contributed by atoms with Crippen LogP contribution >= 0.6 is 12.2 Å². The van der Waals surface area contributed by atoms with Gasteiger partial charge in [-0.1, -0.05) is 46.2 Å². The average molecular weight is 242 g/mol. The average Bonchev–Trinajstić information content (AvgIpc) is 2.38. The van der Waals surface area contributed by atoms with Crippen molar-refractivity contribution in [1.29, 1.82) is 0 Å². The van der Waals surface area contributed by atoms with Gasteiger partial charge in [-0.15, -0.1) is 0 Å². The van der Waals surface area contributed by atoms with Gasteiger partial charge in [-0.25, -0.2) is 0 Å². The summed E-state index contributed by atoms with van der Waals surface area (Å²) in [6, 6.07) is 19.2. The molecule has 0 spiro atoms. The molecule has 0 aliphatic rings. The standard InChI is InChI=1S/C13H11N3S/c14-13(17)16(12-9-5-2-6-10-12)15-11-7-3-1-4-8-11/h1-10H,(H-,14,17)/p+1. The first-order valence-electron chi connectivity index (χ1n) is 5.18. The van der Waals surface area contributed by atoms with Crippen molar-refractivity contribution in [2.24, 2.45) is 10.8 Å². The van der Waals surface area contributed by atoms with E-state index in [4.69, 9.17) is 18.0 Å². The molecule has 0 heterocycles. The van der Waals surface area contributed by atoms with Crippen LogP contribution in [0.1, 0.15) is 0 Å². The van der Waals surface area contributed by atoms with Crippen LogP contribution in [0.25, 0.3) is 0 Å². The second kappa shape index (κ2) is 5.32. The van der Waals surface area contributed by atoms with E-state index in [1.165, 1.54) is 0 Å². The fourth-order valence-electron chi connectivity index (χ4n) is 1.41. The van der Waals surface area contributed by atoms with Crippen molar-refractivity contribution in [3.05, 3.63) is 60.7 Å². The summed E-state index contributed by atoms with van der Waals surface area (Å²) in [5, 5.41) is 4.62. The molecule has 2 rings (SSSR count). The highest BCUT2D eigenvalue weighted by Crippen LogP contribution is 2.17. The lowest BCUT2D eigenvalue weighted by atomic mass is 10.3. The maximum absolute atomic E-state index is 5.68. The number of nitrogens with two attached hydrogens (primary N) is 1. The first kappa shape index (κ1) is 11.4. The largest absolute Gasteiger partial charge is 0.368 e. The van der Waals surface area contributed by atoms with Crippen molar-refractivity contribution < 1.29 is 4.70 Å². The summed E-state index contributed by atoms with van der Waals surface area (Å²) >= 11 is 5.01. The van der Waals surface area contributed by atoms with E-state index in [9.17, 15) is 0 Å². The van der Waals surface area contributed by atoms with Gasteiger partial charge >= 0.3 is 5.11 Å². The van der Waals surface area contributed by atoms with Crippen LogP contribution in [-0.4, -0.2) is 9.81 Å². The van der Waals surface area contributed by atoms with Gasteiger partial charge in [-0.05, 0) is 24.3 Å². The van der Waals surface area contributed by atoms with Gasteiger partial charge in [0.2, 0.25) is 0 Å². The van der Waals surface area contributed by atoms with Crippen molar-refractivity contribution in [2.45, 2.75) is 0 Å². The van der Waals surface area contributed by atoms with E-state index in [1.807, 2.05) is 60.7 Å². The van der Waals surface area contributed by atoms with Gasteiger partial charge in [-0.3, -0.25) is 5.73 Å². The molecule has 2 N–H and O–H groups in total. The number of para-hydroxylation sites is 1. The zero-order chi connectivity index (χ0) is 12.1. The minimum atomic E-state index is 0.222. The van der Waals surface area contributed by atoms with Gasteiger partial charge in [0.15, 0.2) is 5.69 Å². The first-order chi connectivity index (χ1) is 8.27. The van der Waals surface area contributed by atoms with E-state index >= 15 is 0 Å². The fourth-order valence-corrected chi connectivity index (χ4v) is 1.56. The summed E-state index contributed by atoms with van der Waals surface area (Å²) in [7, 11) is 0. The number of benzene rings is 2. The molecule has 2 aromatic rings. The molecule has 0 atom stereocenters. The Hall–Kier alpha value is -2.07. The molecule has 0 bridgehead atoms. The molecule has 17 heavy (non-hydrogen) atoms. The smallest absolute Gasteiger partial charge is 0.275 e. The van der Waals surface area contributed by atoms with Crippen LogP contribution < -0.4 is 5.73 Å². The van der Waals surface area contributed by atoms with Crippen LogP contribution in [0.3, 0.4) is 0 Å². The molecule has 4 heteroatoms. The molecule has 0 amide bonds. The molecule has 0 unspecified atom stereocenters. The Balaban J connectivity index is 2.44. The molecule has 0 saturated heterocycles. The molecule has 0 aliphatic carbocycles. The lowest BCUT2D eigenvalue weighted by Crippen LogP contribution is -2.20. The van der Waals surface area contributed by atoms with E-state index in [0.717, 1.165) is 11.4 Å². The van der Waals surface area contributed by atoms with Gasteiger partial charge in [-0.2, -0.15) is 0 Å². The third kappa shape index (κ3) is 2.95. The summed E-state index contributed by atoms with van der Waals surface area (Å²) < 4.78 is 1.55. The Morgan fingerprint density at radius 1 is 0.941 bits per heavy atom. The Morgan fingerprint density at radius 2 is 1.47 bits per heavy atom. The number of hydrogen-bond acceptors (Lipinski definition) is 2. The van der Waals surface area contributed by atoms with Gasteiger partial charge in [0, 0.05) is 12.2 Å². The van der Waals surface area contributed by atoms with Crippen LogP contribution in [0.15, 0.2) is 65.8 Å². The summed E-state index contributed by atoms with van der Waals surface area (Å²) in [5.74, 6) is 0. The maximum Gasteiger partial charge on any atom is 0.368 e. The third-order valence-corrected chi connectivity index (χ3v) is 2.35. The number of azo groups is 2. The van der Waals surface area contributed by atoms with Crippen molar-refractivity contribution in [2.75, 3.05) is 0 Å². The van der Waals surface area contributed by atoms with Crippen molar-refractivity contribution in [3.63, 3.8) is 0 Å². The van der Waals surface area contributed by atoms with E-state index < -0.39 is 0 Å². The number of hydrogen-bond donors (Lipinski definition) is 1. The van der Waals surface area contributed by atoms with Gasteiger partial charge in [0.1, 0.15) is 5.69 Å². The monoisotopic (exact) mass is 242 g/mol. The van der Waals surface area contributed by atoms with Crippen molar-refractivity contribution >= 4 is 28.7 Å². The van der Waals surface area contributed by atoms with E-state index in [0.29, 0.717) is 0 Å². The molecule has 84 valence electrons. The van der Waals surface area contributed by atoms with Gasteiger partial charge < -0.3 is 0 Å². The van der Waals surface area contributed by atoms with Crippen LogP contribution in [0.5, 0.6) is 0 Å². The third-order valence-electron chi connectivity index (χ3n) is 2.18. The molecule has 0 aromatic heterocycles. The molecule has 0 saturated carbocycles. The molecule has 2 aromatic carbocycles. The molecule has 0 aliphatic heterocycles. The minimum absolute atomic E-state index is 0.222. The van der Waals surface area contributed by atoms with E-state index in [-0.39, 0.29) is 5.11 Å². The molecular weight excluding hydrogens is 230 g/mol. The second-order valence-electron chi connectivity index (χ2n) is 3.42. The van der Waals surface area contributed by atoms with Crippen LogP contribution in [0.4, 0.5) is 11.4 Å². The maximum atomic E-state index is 5.68. The van der Waals surface area contributed by atoms with E-state index in [2.05, 4.69) is 5.11 Å². The highest BCUT2D eigenvalue weighted by molar-refractivity contribution is 7.79. The lowest BCUT2D eigenvalue weighted by molar-refractivity contribution is -0.382. The highest BCUT2D eigenvalue weighted by atomic mass is 32.1. The number of nitrogens with zero attached hydrogens (tertiary/aromatic N) is 2. The van der Waals surface area contributed by atoms with E-state index in [1.54, 1.807) is 4.70 Å². The first-order valence-corrected chi connectivity index (χ1v) is 5.59. The molecule has 0 radical (unpaired) electrons. The second-order valence-corrected chi connectivity index (χ2v) is 3.84.